The summed E-state index contributed by atoms with van der Waals surface area (Å²) in [6.07, 6.45) is 3.14. The summed E-state index contributed by atoms with van der Waals surface area (Å²) in [4.78, 5) is 56.2. The predicted octanol–water partition coefficient (Wildman–Crippen LogP) is 5.26. The Morgan fingerprint density at radius 3 is 2.35 bits per heavy atom. The van der Waals surface area contributed by atoms with Crippen LogP contribution in [0, 0.1) is 17.8 Å². The van der Waals surface area contributed by atoms with Gasteiger partial charge in [-0.2, -0.15) is 0 Å². The van der Waals surface area contributed by atoms with Crippen molar-refractivity contribution in [3.8, 4) is 0 Å². The van der Waals surface area contributed by atoms with Crippen molar-refractivity contribution in [3.63, 3.8) is 0 Å². The lowest BCUT2D eigenvalue weighted by Crippen LogP contribution is -2.42. The quantitative estimate of drug-likeness (QED) is 0.124. The Labute approximate surface area is 258 Å². The smallest absolute Gasteiger partial charge is 0.306 e. The second kappa shape index (κ2) is 16.8. The van der Waals surface area contributed by atoms with Crippen LogP contribution in [0.1, 0.15) is 87.5 Å². The van der Waals surface area contributed by atoms with E-state index in [1.54, 1.807) is 42.5 Å². The SMILES string of the molecule is C=C[C@@H](CC)CC(=O)N(C)[C@H](C[C@@H](OC(C)=O)c1nc(C(=O)N[C@@H](Cc2ccc(N)cc2)C[C@H](C)C(=O)O)cs1)C(C)C. The molecule has 236 valence electrons. The van der Waals surface area contributed by atoms with Crippen LogP contribution >= 0.6 is 11.3 Å². The zero-order valence-electron chi connectivity index (χ0n) is 26.0. The number of anilines is 1. The first-order chi connectivity index (χ1) is 20.2. The molecule has 0 aliphatic rings. The number of nitrogen functional groups attached to an aromatic ring is 1. The van der Waals surface area contributed by atoms with Gasteiger partial charge in [-0.25, -0.2) is 4.98 Å². The van der Waals surface area contributed by atoms with Gasteiger partial charge in [0.1, 0.15) is 10.7 Å². The molecule has 0 fully saturated rings. The summed E-state index contributed by atoms with van der Waals surface area (Å²) in [5, 5.41) is 14.4. The fourth-order valence-corrected chi connectivity index (χ4v) is 5.74. The second-order valence-electron chi connectivity index (χ2n) is 11.4. The first-order valence-electron chi connectivity index (χ1n) is 14.6. The topological polar surface area (TPSA) is 152 Å². The van der Waals surface area contributed by atoms with E-state index in [9.17, 15) is 24.3 Å². The van der Waals surface area contributed by atoms with Crippen LogP contribution in [-0.2, 0) is 25.5 Å². The van der Waals surface area contributed by atoms with Gasteiger partial charge in [0.2, 0.25) is 5.91 Å². The molecule has 0 saturated heterocycles. The summed E-state index contributed by atoms with van der Waals surface area (Å²) in [6.45, 7) is 12.8. The van der Waals surface area contributed by atoms with Crippen molar-refractivity contribution < 1.29 is 29.0 Å². The van der Waals surface area contributed by atoms with Gasteiger partial charge in [-0.15, -0.1) is 17.9 Å². The summed E-state index contributed by atoms with van der Waals surface area (Å²) in [6, 6.07) is 6.49. The van der Waals surface area contributed by atoms with Crippen LogP contribution in [0.5, 0.6) is 0 Å². The van der Waals surface area contributed by atoms with Gasteiger partial charge in [0.15, 0.2) is 6.10 Å². The van der Waals surface area contributed by atoms with Gasteiger partial charge in [0.25, 0.3) is 5.91 Å². The van der Waals surface area contributed by atoms with Gasteiger partial charge in [0, 0.05) is 50.0 Å². The highest BCUT2D eigenvalue weighted by Crippen LogP contribution is 2.31. The zero-order valence-corrected chi connectivity index (χ0v) is 26.9. The minimum absolute atomic E-state index is 0.0195. The molecule has 0 saturated carbocycles. The number of amides is 2. The van der Waals surface area contributed by atoms with Crippen molar-refractivity contribution in [2.45, 2.75) is 84.9 Å². The van der Waals surface area contributed by atoms with Gasteiger partial charge in [-0.05, 0) is 48.8 Å². The van der Waals surface area contributed by atoms with Gasteiger partial charge in [-0.3, -0.25) is 19.2 Å². The fraction of sp³-hybridized carbons (Fsp3) is 0.531. The van der Waals surface area contributed by atoms with E-state index >= 15 is 0 Å². The number of carbonyl (C=O) groups excluding carboxylic acids is 3. The van der Waals surface area contributed by atoms with Crippen molar-refractivity contribution >= 4 is 40.8 Å². The summed E-state index contributed by atoms with van der Waals surface area (Å²) in [5.74, 6) is -2.46. The number of rotatable bonds is 17. The number of aromatic nitrogens is 1. The average Bonchev–Trinajstić information content (AvgIpc) is 3.44. The Kier molecular flexibility index (Phi) is 13.8. The number of hydrogen-bond acceptors (Lipinski definition) is 8. The molecule has 2 amide bonds. The Morgan fingerprint density at radius 2 is 1.81 bits per heavy atom. The van der Waals surface area contributed by atoms with Crippen LogP contribution in [0.25, 0.3) is 0 Å². The Hall–Kier alpha value is -3.73. The maximum atomic E-state index is 13.3. The molecular formula is C32H46N4O6S. The molecule has 1 heterocycles. The summed E-state index contributed by atoms with van der Waals surface area (Å²) in [7, 11) is 1.76. The minimum Gasteiger partial charge on any atom is -0.481 e. The van der Waals surface area contributed by atoms with E-state index in [4.69, 9.17) is 10.5 Å². The number of nitrogens with zero attached hydrogens (tertiary/aromatic N) is 2. The zero-order chi connectivity index (χ0) is 32.3. The maximum absolute atomic E-state index is 13.3. The van der Waals surface area contributed by atoms with E-state index in [-0.39, 0.29) is 35.9 Å². The molecule has 11 heteroatoms. The first-order valence-corrected chi connectivity index (χ1v) is 15.5. The third-order valence-corrected chi connectivity index (χ3v) is 8.54. The molecule has 0 radical (unpaired) electrons. The number of aliphatic carboxylic acids is 1. The van der Waals surface area contributed by atoms with Crippen molar-refractivity contribution in [2.24, 2.45) is 17.8 Å². The lowest BCUT2D eigenvalue weighted by Gasteiger charge is -2.34. The number of allylic oxidation sites excluding steroid dienone is 1. The molecule has 0 unspecified atom stereocenters. The maximum Gasteiger partial charge on any atom is 0.306 e. The monoisotopic (exact) mass is 614 g/mol. The molecule has 4 N–H and O–H groups in total. The van der Waals surface area contributed by atoms with E-state index in [2.05, 4.69) is 16.9 Å². The predicted molar refractivity (Wildman–Crippen MR) is 168 cm³/mol. The number of esters is 1. The fourth-order valence-electron chi connectivity index (χ4n) is 4.90. The van der Waals surface area contributed by atoms with Crippen molar-refractivity contribution in [3.05, 3.63) is 58.6 Å². The van der Waals surface area contributed by atoms with Crippen molar-refractivity contribution in [1.29, 1.82) is 0 Å². The first kappa shape index (κ1) is 35.5. The van der Waals surface area contributed by atoms with Gasteiger partial charge >= 0.3 is 11.9 Å². The number of hydrogen-bond donors (Lipinski definition) is 3. The van der Waals surface area contributed by atoms with Crippen LogP contribution in [0.2, 0.25) is 0 Å². The molecule has 10 nitrogen and oxygen atoms in total. The van der Waals surface area contributed by atoms with Crippen molar-refractivity contribution in [1.82, 2.24) is 15.2 Å². The number of nitrogens with two attached hydrogens (primary N) is 1. The number of carbonyl (C=O) groups is 4. The lowest BCUT2D eigenvalue weighted by molar-refractivity contribution is -0.148. The Morgan fingerprint density at radius 1 is 1.16 bits per heavy atom. The van der Waals surface area contributed by atoms with Gasteiger partial charge < -0.3 is 25.8 Å². The average molecular weight is 615 g/mol. The standard InChI is InChI=1S/C32H46N4O6S/c1-8-22(9-2)16-29(38)36(7)27(19(3)4)17-28(42-21(6)37)31-35-26(18-43-31)30(39)34-25(14-20(5)32(40)41)15-23-10-12-24(33)13-11-23/h8,10-13,18-20,22,25,27-28H,1,9,14-17,33H2,2-7H3,(H,34,39)(H,40,41)/t20-,22-,25+,27+,28+/m0/s1. The molecular weight excluding hydrogens is 568 g/mol. The number of carboxylic acid groups (broad SMARTS) is 1. The molecule has 5 atom stereocenters. The van der Waals surface area contributed by atoms with E-state index in [0.717, 1.165) is 12.0 Å². The van der Waals surface area contributed by atoms with Crippen LogP contribution in [0.3, 0.4) is 0 Å². The summed E-state index contributed by atoms with van der Waals surface area (Å²) < 4.78 is 5.66. The van der Waals surface area contributed by atoms with E-state index in [1.165, 1.54) is 18.3 Å². The number of ether oxygens (including phenoxy) is 1. The number of thiazole rings is 1. The lowest BCUT2D eigenvalue weighted by atomic mass is 9.94. The third-order valence-electron chi connectivity index (χ3n) is 7.61. The molecule has 1 aromatic heterocycles. The highest BCUT2D eigenvalue weighted by atomic mass is 32.1. The largest absolute Gasteiger partial charge is 0.481 e. The van der Waals surface area contributed by atoms with Crippen LogP contribution in [-0.4, -0.2) is 57.9 Å². The molecule has 1 aromatic carbocycles. The second-order valence-corrected chi connectivity index (χ2v) is 12.3. The molecule has 0 spiro atoms. The van der Waals surface area contributed by atoms with E-state index < -0.39 is 35.9 Å². The molecule has 2 aromatic rings. The normalized spacial score (nSPS) is 14.7. The number of nitrogens with one attached hydrogen (secondary N) is 1. The van der Waals surface area contributed by atoms with Crippen LogP contribution in [0.4, 0.5) is 5.69 Å². The third kappa shape index (κ3) is 11.1. The molecule has 0 bridgehead atoms. The minimum atomic E-state index is -0.949. The van der Waals surface area contributed by atoms with Crippen LogP contribution < -0.4 is 11.1 Å². The highest BCUT2D eigenvalue weighted by molar-refractivity contribution is 7.09. The highest BCUT2D eigenvalue weighted by Gasteiger charge is 2.31. The van der Waals surface area contributed by atoms with E-state index in [0.29, 0.717) is 30.0 Å². The molecule has 0 aliphatic carbocycles. The number of carboxylic acids is 1. The number of benzene rings is 1. The van der Waals surface area contributed by atoms with E-state index in [1.807, 2.05) is 32.9 Å². The molecule has 43 heavy (non-hydrogen) atoms. The Balaban J connectivity index is 2.26. The molecule has 0 aliphatic heterocycles. The van der Waals surface area contributed by atoms with Crippen LogP contribution in [0.15, 0.2) is 42.3 Å². The van der Waals surface area contributed by atoms with Gasteiger partial charge in [-0.1, -0.05) is 45.9 Å². The van der Waals surface area contributed by atoms with Crippen molar-refractivity contribution in [2.75, 3.05) is 12.8 Å². The Bertz CT molecular complexity index is 1240. The molecule has 2 rings (SSSR count). The van der Waals surface area contributed by atoms with Gasteiger partial charge in [0.05, 0.1) is 5.92 Å². The summed E-state index contributed by atoms with van der Waals surface area (Å²) >= 11 is 1.20. The summed E-state index contributed by atoms with van der Waals surface area (Å²) in [5.41, 5.74) is 7.45.